The number of para-hydroxylation sites is 1. The number of nitrogens with one attached hydrogen (secondary N) is 1. The second-order valence-electron chi connectivity index (χ2n) is 6.14. The normalized spacial score (nSPS) is 18.9. The number of benzene rings is 1. The third-order valence-corrected chi connectivity index (χ3v) is 4.53. The van der Waals surface area contributed by atoms with Crippen molar-refractivity contribution >= 4 is 5.69 Å². The summed E-state index contributed by atoms with van der Waals surface area (Å²) < 4.78 is 0. The Morgan fingerprint density at radius 1 is 1.15 bits per heavy atom. The number of hydrogen-bond donors (Lipinski definition) is 2. The van der Waals surface area contributed by atoms with Crippen LogP contribution < -0.4 is 10.2 Å². The van der Waals surface area contributed by atoms with Crippen molar-refractivity contribution in [2.24, 2.45) is 0 Å². The molecule has 0 aromatic heterocycles. The van der Waals surface area contributed by atoms with Gasteiger partial charge in [0.05, 0.1) is 0 Å². The fourth-order valence-corrected chi connectivity index (χ4v) is 2.92. The van der Waals surface area contributed by atoms with Crippen LogP contribution in [0.4, 0.5) is 5.69 Å². The third kappa shape index (κ3) is 3.33. The molecule has 2 N–H and O–H groups in total. The molecule has 2 aliphatic rings. The SMILES string of the molecule is OCCCN(c1ccccc1CNC1CC1)C1CCC1. The summed E-state index contributed by atoms with van der Waals surface area (Å²) in [6.07, 6.45) is 7.48. The van der Waals surface area contributed by atoms with Crippen molar-refractivity contribution in [1.82, 2.24) is 5.32 Å². The van der Waals surface area contributed by atoms with Gasteiger partial charge in [0.2, 0.25) is 0 Å². The minimum Gasteiger partial charge on any atom is -0.396 e. The maximum atomic E-state index is 9.15. The molecule has 1 aromatic rings. The van der Waals surface area contributed by atoms with E-state index in [1.165, 1.54) is 43.4 Å². The van der Waals surface area contributed by atoms with Crippen molar-refractivity contribution in [3.8, 4) is 0 Å². The summed E-state index contributed by atoms with van der Waals surface area (Å²) in [5.41, 5.74) is 2.78. The van der Waals surface area contributed by atoms with E-state index < -0.39 is 0 Å². The largest absolute Gasteiger partial charge is 0.396 e. The van der Waals surface area contributed by atoms with Crippen molar-refractivity contribution in [1.29, 1.82) is 0 Å². The zero-order valence-corrected chi connectivity index (χ0v) is 12.2. The van der Waals surface area contributed by atoms with Gasteiger partial charge in [-0.15, -0.1) is 0 Å². The molecule has 0 heterocycles. The van der Waals surface area contributed by atoms with Crippen LogP contribution in [0.3, 0.4) is 0 Å². The van der Waals surface area contributed by atoms with Crippen LogP contribution in [0.1, 0.15) is 44.1 Å². The zero-order valence-electron chi connectivity index (χ0n) is 12.2. The fourth-order valence-electron chi connectivity index (χ4n) is 2.92. The number of rotatable bonds is 8. The van der Waals surface area contributed by atoms with Crippen LogP contribution in [0.25, 0.3) is 0 Å². The topological polar surface area (TPSA) is 35.5 Å². The summed E-state index contributed by atoms with van der Waals surface area (Å²) in [4.78, 5) is 2.53. The molecule has 0 atom stereocenters. The second kappa shape index (κ2) is 6.59. The Kier molecular flexibility index (Phi) is 4.58. The van der Waals surface area contributed by atoms with Gasteiger partial charge in [0.1, 0.15) is 0 Å². The molecule has 0 saturated heterocycles. The van der Waals surface area contributed by atoms with E-state index in [2.05, 4.69) is 34.5 Å². The Morgan fingerprint density at radius 3 is 2.60 bits per heavy atom. The lowest BCUT2D eigenvalue weighted by Crippen LogP contribution is -2.41. The van der Waals surface area contributed by atoms with E-state index in [-0.39, 0.29) is 6.61 Å². The molecule has 2 saturated carbocycles. The van der Waals surface area contributed by atoms with E-state index in [1.54, 1.807) is 0 Å². The highest BCUT2D eigenvalue weighted by Gasteiger charge is 2.26. The average Bonchev–Trinajstić information content (AvgIpc) is 3.23. The molecule has 0 radical (unpaired) electrons. The van der Waals surface area contributed by atoms with Gasteiger partial charge >= 0.3 is 0 Å². The number of anilines is 1. The Balaban J connectivity index is 1.73. The number of nitrogens with zero attached hydrogens (tertiary/aromatic N) is 1. The molecule has 3 nitrogen and oxygen atoms in total. The molecule has 110 valence electrons. The fraction of sp³-hybridized carbons (Fsp3) is 0.647. The minimum atomic E-state index is 0.283. The van der Waals surface area contributed by atoms with Crippen molar-refractivity contribution < 1.29 is 5.11 Å². The number of hydrogen-bond acceptors (Lipinski definition) is 3. The molecule has 1 aromatic carbocycles. The molecule has 0 bridgehead atoms. The van der Waals surface area contributed by atoms with Crippen LogP contribution in [0.15, 0.2) is 24.3 Å². The van der Waals surface area contributed by atoms with Gasteiger partial charge in [-0.05, 0) is 50.2 Å². The highest BCUT2D eigenvalue weighted by Crippen LogP contribution is 2.32. The van der Waals surface area contributed by atoms with Crippen molar-refractivity contribution in [3.05, 3.63) is 29.8 Å². The lowest BCUT2D eigenvalue weighted by Gasteiger charge is -2.40. The lowest BCUT2D eigenvalue weighted by molar-refractivity contribution is 0.283. The predicted molar refractivity (Wildman–Crippen MR) is 83.0 cm³/mol. The molecule has 0 aliphatic heterocycles. The van der Waals surface area contributed by atoms with Gasteiger partial charge in [-0.2, -0.15) is 0 Å². The van der Waals surface area contributed by atoms with Gasteiger partial charge < -0.3 is 15.3 Å². The van der Waals surface area contributed by atoms with Gasteiger partial charge in [-0.1, -0.05) is 18.2 Å². The Hall–Kier alpha value is -1.06. The maximum absolute atomic E-state index is 9.15. The van der Waals surface area contributed by atoms with E-state index in [1.807, 2.05) is 0 Å². The summed E-state index contributed by atoms with van der Waals surface area (Å²) in [5.74, 6) is 0. The molecule has 2 aliphatic carbocycles. The van der Waals surface area contributed by atoms with E-state index >= 15 is 0 Å². The first-order chi connectivity index (χ1) is 9.88. The van der Waals surface area contributed by atoms with Crippen LogP contribution in [0.5, 0.6) is 0 Å². The Morgan fingerprint density at radius 2 is 1.95 bits per heavy atom. The van der Waals surface area contributed by atoms with E-state index in [4.69, 9.17) is 5.11 Å². The first-order valence-electron chi connectivity index (χ1n) is 8.07. The Labute approximate surface area is 122 Å². The summed E-state index contributed by atoms with van der Waals surface area (Å²) >= 11 is 0. The summed E-state index contributed by atoms with van der Waals surface area (Å²) in [5, 5.41) is 12.8. The minimum absolute atomic E-state index is 0.283. The molecule has 2 fully saturated rings. The van der Waals surface area contributed by atoms with Gasteiger partial charge in [-0.25, -0.2) is 0 Å². The summed E-state index contributed by atoms with van der Waals surface area (Å²) in [7, 11) is 0. The molecule has 3 heteroatoms. The van der Waals surface area contributed by atoms with E-state index in [9.17, 15) is 0 Å². The number of aliphatic hydroxyl groups is 1. The third-order valence-electron chi connectivity index (χ3n) is 4.53. The van der Waals surface area contributed by atoms with Crippen LogP contribution >= 0.6 is 0 Å². The van der Waals surface area contributed by atoms with Crippen molar-refractivity contribution in [2.45, 2.75) is 57.2 Å². The highest BCUT2D eigenvalue weighted by atomic mass is 16.3. The van der Waals surface area contributed by atoms with E-state index in [0.717, 1.165) is 25.6 Å². The molecule has 0 amide bonds. The van der Waals surface area contributed by atoms with Crippen LogP contribution in [-0.2, 0) is 6.54 Å². The van der Waals surface area contributed by atoms with Crippen LogP contribution in [0.2, 0.25) is 0 Å². The van der Waals surface area contributed by atoms with Crippen molar-refractivity contribution in [2.75, 3.05) is 18.1 Å². The standard InChI is InChI=1S/C17H26N2O/c20-12-4-11-19(16-6-3-7-16)17-8-2-1-5-14(17)13-18-15-9-10-15/h1-2,5,8,15-16,18,20H,3-4,6-7,9-13H2. The van der Waals surface area contributed by atoms with Gasteiger partial charge in [0, 0.05) is 37.5 Å². The average molecular weight is 274 g/mol. The van der Waals surface area contributed by atoms with Crippen LogP contribution in [-0.4, -0.2) is 30.3 Å². The predicted octanol–water partition coefficient (Wildman–Crippen LogP) is 2.68. The maximum Gasteiger partial charge on any atom is 0.0447 e. The summed E-state index contributed by atoms with van der Waals surface area (Å²) in [6, 6.07) is 10.2. The van der Waals surface area contributed by atoms with Crippen molar-refractivity contribution in [3.63, 3.8) is 0 Å². The highest BCUT2D eigenvalue weighted by molar-refractivity contribution is 5.55. The molecule has 3 rings (SSSR count). The molecule has 0 spiro atoms. The molecular weight excluding hydrogens is 248 g/mol. The number of aliphatic hydroxyl groups excluding tert-OH is 1. The second-order valence-corrected chi connectivity index (χ2v) is 6.14. The van der Waals surface area contributed by atoms with Gasteiger partial charge in [-0.3, -0.25) is 0 Å². The zero-order chi connectivity index (χ0) is 13.8. The smallest absolute Gasteiger partial charge is 0.0447 e. The first-order valence-corrected chi connectivity index (χ1v) is 8.07. The Bertz CT molecular complexity index is 427. The van der Waals surface area contributed by atoms with Crippen LogP contribution in [0, 0.1) is 0 Å². The molecule has 20 heavy (non-hydrogen) atoms. The lowest BCUT2D eigenvalue weighted by atomic mass is 9.90. The van der Waals surface area contributed by atoms with E-state index in [0.29, 0.717) is 6.04 Å². The first kappa shape index (κ1) is 13.9. The quantitative estimate of drug-likeness (QED) is 0.765. The monoisotopic (exact) mass is 274 g/mol. The van der Waals surface area contributed by atoms with Gasteiger partial charge in [0.25, 0.3) is 0 Å². The molecular formula is C17H26N2O. The molecule has 0 unspecified atom stereocenters. The summed E-state index contributed by atoms with van der Waals surface area (Å²) in [6.45, 7) is 2.23. The van der Waals surface area contributed by atoms with Gasteiger partial charge in [0.15, 0.2) is 0 Å².